The van der Waals surface area contributed by atoms with E-state index in [1.807, 2.05) is 31.2 Å². The highest BCUT2D eigenvalue weighted by Gasteiger charge is 2.40. The molecule has 2 heterocycles. The third kappa shape index (κ3) is 3.10. The van der Waals surface area contributed by atoms with Gasteiger partial charge in [0.1, 0.15) is 0 Å². The van der Waals surface area contributed by atoms with Crippen LogP contribution < -0.4 is 5.32 Å². The van der Waals surface area contributed by atoms with Crippen LogP contribution in [0.4, 0.5) is 0 Å². The van der Waals surface area contributed by atoms with Crippen molar-refractivity contribution in [3.63, 3.8) is 0 Å². The second-order valence-corrected chi connectivity index (χ2v) is 6.21. The Morgan fingerprint density at radius 3 is 2.71 bits per heavy atom. The predicted molar refractivity (Wildman–Crippen MR) is 88.9 cm³/mol. The van der Waals surface area contributed by atoms with Crippen LogP contribution in [0.3, 0.4) is 0 Å². The minimum absolute atomic E-state index is 0.0974. The van der Waals surface area contributed by atoms with Gasteiger partial charge in [-0.3, -0.25) is 14.6 Å². The lowest BCUT2D eigenvalue weighted by molar-refractivity contribution is -0.154. The summed E-state index contributed by atoms with van der Waals surface area (Å²) in [6.45, 7) is 2.74. The number of carbonyl (C=O) groups is 2. The summed E-state index contributed by atoms with van der Waals surface area (Å²) in [5.41, 5.74) is 1.07. The molecule has 126 valence electrons. The molecule has 0 atom stereocenters. The van der Waals surface area contributed by atoms with E-state index in [9.17, 15) is 14.7 Å². The summed E-state index contributed by atoms with van der Waals surface area (Å²) in [7, 11) is 0. The van der Waals surface area contributed by atoms with Crippen molar-refractivity contribution in [3.05, 3.63) is 41.6 Å². The largest absolute Gasteiger partial charge is 0.481 e. The number of aromatic nitrogens is 1. The molecule has 0 aliphatic carbocycles. The van der Waals surface area contributed by atoms with Crippen LogP contribution in [-0.2, 0) is 9.53 Å². The molecule has 0 spiro atoms. The summed E-state index contributed by atoms with van der Waals surface area (Å²) in [6.07, 6.45) is 0.803. The monoisotopic (exact) mass is 328 g/mol. The fourth-order valence-electron chi connectivity index (χ4n) is 3.07. The van der Waals surface area contributed by atoms with Gasteiger partial charge in [0.25, 0.3) is 5.91 Å². The van der Waals surface area contributed by atoms with E-state index >= 15 is 0 Å². The molecule has 6 nitrogen and oxygen atoms in total. The molecular formula is C18H20N2O4. The van der Waals surface area contributed by atoms with E-state index in [0.29, 0.717) is 31.6 Å². The van der Waals surface area contributed by atoms with Crippen LogP contribution in [0.2, 0.25) is 0 Å². The molecule has 6 heteroatoms. The third-order valence-corrected chi connectivity index (χ3v) is 4.58. The lowest BCUT2D eigenvalue weighted by Gasteiger charge is -2.33. The summed E-state index contributed by atoms with van der Waals surface area (Å²) >= 11 is 0. The maximum Gasteiger partial charge on any atom is 0.311 e. The van der Waals surface area contributed by atoms with Gasteiger partial charge in [-0.05, 0) is 31.9 Å². The van der Waals surface area contributed by atoms with Gasteiger partial charge in [-0.2, -0.15) is 0 Å². The van der Waals surface area contributed by atoms with Crippen LogP contribution >= 0.6 is 0 Å². The molecule has 1 fully saturated rings. The SMILES string of the molecule is Cc1cc(C(=O)NCC2(C(=O)O)CCOCC2)c2ccccc2n1. The summed E-state index contributed by atoms with van der Waals surface area (Å²) in [5.74, 6) is -1.16. The van der Waals surface area contributed by atoms with Gasteiger partial charge >= 0.3 is 5.97 Å². The van der Waals surface area contributed by atoms with Gasteiger partial charge < -0.3 is 15.2 Å². The number of para-hydroxylation sites is 1. The number of amides is 1. The van der Waals surface area contributed by atoms with E-state index in [-0.39, 0.29) is 12.5 Å². The fourth-order valence-corrected chi connectivity index (χ4v) is 3.07. The smallest absolute Gasteiger partial charge is 0.311 e. The number of benzene rings is 1. The number of carboxylic acid groups (broad SMARTS) is 1. The van der Waals surface area contributed by atoms with Crippen LogP contribution in [0, 0.1) is 12.3 Å². The molecule has 0 unspecified atom stereocenters. The van der Waals surface area contributed by atoms with Crippen molar-refractivity contribution >= 4 is 22.8 Å². The molecule has 1 saturated heterocycles. The third-order valence-electron chi connectivity index (χ3n) is 4.58. The molecule has 3 rings (SSSR count). The molecule has 0 bridgehead atoms. The normalized spacial score (nSPS) is 16.7. The van der Waals surface area contributed by atoms with Gasteiger partial charge in [0.2, 0.25) is 0 Å². The first kappa shape index (κ1) is 16.4. The van der Waals surface area contributed by atoms with Crippen LogP contribution in [-0.4, -0.2) is 41.7 Å². The first-order chi connectivity index (χ1) is 11.5. The number of aliphatic carboxylic acids is 1. The van der Waals surface area contributed by atoms with Crippen molar-refractivity contribution in [2.24, 2.45) is 5.41 Å². The van der Waals surface area contributed by atoms with Gasteiger partial charge in [-0.1, -0.05) is 18.2 Å². The number of aryl methyl sites for hydroxylation is 1. The number of pyridine rings is 1. The molecule has 0 radical (unpaired) electrons. The van der Waals surface area contributed by atoms with Gasteiger partial charge in [0.05, 0.1) is 16.5 Å². The molecule has 0 saturated carbocycles. The maximum absolute atomic E-state index is 12.7. The number of hydrogen-bond donors (Lipinski definition) is 2. The first-order valence-corrected chi connectivity index (χ1v) is 7.98. The molecule has 1 amide bonds. The fraction of sp³-hybridized carbons (Fsp3) is 0.389. The van der Waals surface area contributed by atoms with Gasteiger partial charge in [0.15, 0.2) is 0 Å². The number of nitrogens with one attached hydrogen (secondary N) is 1. The van der Waals surface area contributed by atoms with Gasteiger partial charge in [-0.15, -0.1) is 0 Å². The van der Waals surface area contributed by atoms with Crippen LogP contribution in [0.1, 0.15) is 28.9 Å². The van der Waals surface area contributed by atoms with Gasteiger partial charge in [0, 0.05) is 30.8 Å². The Hall–Kier alpha value is -2.47. The van der Waals surface area contributed by atoms with Crippen molar-refractivity contribution in [2.45, 2.75) is 19.8 Å². The summed E-state index contributed by atoms with van der Waals surface area (Å²) < 4.78 is 5.26. The Balaban J connectivity index is 1.84. The highest BCUT2D eigenvalue weighted by molar-refractivity contribution is 6.06. The minimum Gasteiger partial charge on any atom is -0.481 e. The number of hydrogen-bond acceptors (Lipinski definition) is 4. The number of fused-ring (bicyclic) bond motifs is 1. The van der Waals surface area contributed by atoms with E-state index in [4.69, 9.17) is 4.74 Å². The molecular weight excluding hydrogens is 308 g/mol. The first-order valence-electron chi connectivity index (χ1n) is 7.98. The molecule has 1 aromatic heterocycles. The summed E-state index contributed by atoms with van der Waals surface area (Å²) in [5, 5.41) is 13.1. The quantitative estimate of drug-likeness (QED) is 0.898. The van der Waals surface area contributed by atoms with E-state index in [2.05, 4.69) is 10.3 Å². The molecule has 2 N–H and O–H groups in total. The molecule has 1 aliphatic heterocycles. The Kier molecular flexibility index (Phi) is 4.49. The average Bonchev–Trinajstić information content (AvgIpc) is 2.59. The standard InChI is InChI=1S/C18H20N2O4/c1-12-10-14(13-4-2-3-5-15(13)20-12)16(21)19-11-18(17(22)23)6-8-24-9-7-18/h2-5,10H,6-9,11H2,1H3,(H,19,21)(H,22,23). The topological polar surface area (TPSA) is 88.5 Å². The van der Waals surface area contributed by atoms with Gasteiger partial charge in [-0.25, -0.2) is 0 Å². The predicted octanol–water partition coefficient (Wildman–Crippen LogP) is 2.15. The van der Waals surface area contributed by atoms with E-state index in [1.165, 1.54) is 0 Å². The lowest BCUT2D eigenvalue weighted by atomic mass is 9.80. The van der Waals surface area contributed by atoms with Crippen molar-refractivity contribution in [1.29, 1.82) is 0 Å². The zero-order chi connectivity index (χ0) is 17.2. The number of nitrogens with zero attached hydrogens (tertiary/aromatic N) is 1. The second kappa shape index (κ2) is 6.57. The second-order valence-electron chi connectivity index (χ2n) is 6.21. The van der Waals surface area contributed by atoms with Crippen molar-refractivity contribution in [2.75, 3.05) is 19.8 Å². The zero-order valence-corrected chi connectivity index (χ0v) is 13.5. The lowest BCUT2D eigenvalue weighted by Crippen LogP contribution is -2.46. The van der Waals surface area contributed by atoms with E-state index in [1.54, 1.807) is 6.07 Å². The number of rotatable bonds is 4. The Labute approximate surface area is 139 Å². The zero-order valence-electron chi connectivity index (χ0n) is 13.5. The number of carboxylic acids is 1. The Bertz CT molecular complexity index is 782. The van der Waals surface area contributed by atoms with Crippen LogP contribution in [0.15, 0.2) is 30.3 Å². The summed E-state index contributed by atoms with van der Waals surface area (Å²) in [4.78, 5) is 28.8. The van der Waals surface area contributed by atoms with E-state index < -0.39 is 11.4 Å². The van der Waals surface area contributed by atoms with Crippen molar-refractivity contribution < 1.29 is 19.4 Å². The van der Waals surface area contributed by atoms with E-state index in [0.717, 1.165) is 16.6 Å². The average molecular weight is 328 g/mol. The highest BCUT2D eigenvalue weighted by Crippen LogP contribution is 2.30. The molecule has 2 aromatic rings. The number of ether oxygens (including phenoxy) is 1. The number of carbonyl (C=O) groups excluding carboxylic acids is 1. The van der Waals surface area contributed by atoms with Crippen LogP contribution in [0.25, 0.3) is 10.9 Å². The molecule has 1 aliphatic rings. The van der Waals surface area contributed by atoms with Crippen LogP contribution in [0.5, 0.6) is 0 Å². The van der Waals surface area contributed by atoms with Crippen molar-refractivity contribution in [3.8, 4) is 0 Å². The Morgan fingerprint density at radius 1 is 1.29 bits per heavy atom. The van der Waals surface area contributed by atoms with Crippen molar-refractivity contribution in [1.82, 2.24) is 10.3 Å². The summed E-state index contributed by atoms with van der Waals surface area (Å²) in [6, 6.07) is 9.16. The minimum atomic E-state index is -0.953. The molecule has 1 aromatic carbocycles. The maximum atomic E-state index is 12.7. The Morgan fingerprint density at radius 2 is 2.00 bits per heavy atom. The molecule has 24 heavy (non-hydrogen) atoms. The highest BCUT2D eigenvalue weighted by atomic mass is 16.5.